The van der Waals surface area contributed by atoms with Crippen LogP contribution in [0.5, 0.6) is 0 Å². The molecule has 0 aliphatic heterocycles. The fraction of sp³-hybridized carbons (Fsp3) is 0.380. The Morgan fingerprint density at radius 1 is 0.441 bits per heavy atom. The Balaban J connectivity index is 1.49. The highest BCUT2D eigenvalue weighted by atomic mass is 16.7. The first-order valence-electron chi connectivity index (χ1n) is 22.4. The third kappa shape index (κ3) is 20.2. The minimum absolute atomic E-state index is 0.00535. The Labute approximate surface area is 396 Å². The van der Waals surface area contributed by atoms with Gasteiger partial charge in [-0.3, -0.25) is 38.5 Å². The SMILES string of the molecule is CC(=O)N(CCC[C@H](NC(=O)[C@H](CCCN(OCc1ccccc1)C(C)=O)NC(=O)[C@H](CCCN(OCc1ccccc1)C(C)=O)NC(=O)OCc1ccccc1)C(=O)O)OCc1ccccc1. The van der Waals surface area contributed by atoms with Crippen molar-refractivity contribution < 1.29 is 57.9 Å². The minimum Gasteiger partial charge on any atom is -0.480 e. The molecule has 4 N–H and O–H groups in total. The van der Waals surface area contributed by atoms with Crippen LogP contribution in [0.3, 0.4) is 0 Å². The fourth-order valence-electron chi connectivity index (χ4n) is 6.68. The van der Waals surface area contributed by atoms with E-state index in [9.17, 15) is 38.7 Å². The lowest BCUT2D eigenvalue weighted by Gasteiger charge is -2.26. The molecule has 68 heavy (non-hydrogen) atoms. The zero-order valence-electron chi connectivity index (χ0n) is 38.8. The van der Waals surface area contributed by atoms with Gasteiger partial charge in [0.1, 0.15) is 44.6 Å². The van der Waals surface area contributed by atoms with Gasteiger partial charge in [0.2, 0.25) is 29.5 Å². The van der Waals surface area contributed by atoms with E-state index in [1.165, 1.54) is 20.8 Å². The minimum atomic E-state index is -1.44. The normalized spacial score (nSPS) is 12.1. The second-order valence-corrected chi connectivity index (χ2v) is 15.8. The van der Waals surface area contributed by atoms with Gasteiger partial charge < -0.3 is 25.8 Å². The molecule has 364 valence electrons. The van der Waals surface area contributed by atoms with Gasteiger partial charge >= 0.3 is 12.1 Å². The largest absolute Gasteiger partial charge is 0.480 e. The average molecular weight is 939 g/mol. The number of carbonyl (C=O) groups excluding carboxylic acids is 6. The van der Waals surface area contributed by atoms with E-state index in [1.807, 2.05) is 97.1 Å². The van der Waals surface area contributed by atoms with Crippen molar-refractivity contribution >= 4 is 41.6 Å². The van der Waals surface area contributed by atoms with Crippen molar-refractivity contribution in [1.82, 2.24) is 31.1 Å². The van der Waals surface area contributed by atoms with Crippen LogP contribution in [0.2, 0.25) is 0 Å². The fourth-order valence-corrected chi connectivity index (χ4v) is 6.68. The molecular formula is C50H62N6O12. The molecular weight excluding hydrogens is 877 g/mol. The van der Waals surface area contributed by atoms with Crippen LogP contribution in [0, 0.1) is 0 Å². The van der Waals surface area contributed by atoms with Gasteiger partial charge in [-0.2, -0.15) is 0 Å². The molecule has 0 aliphatic carbocycles. The molecule has 6 amide bonds. The number of rotatable bonds is 29. The van der Waals surface area contributed by atoms with Crippen molar-refractivity contribution in [1.29, 1.82) is 0 Å². The maximum atomic E-state index is 14.2. The first-order chi connectivity index (χ1) is 32.8. The number of amides is 6. The molecule has 0 saturated carbocycles. The number of hydrogen-bond acceptors (Lipinski definition) is 11. The molecule has 4 aromatic rings. The summed E-state index contributed by atoms with van der Waals surface area (Å²) in [6.45, 7) is 4.25. The molecule has 18 heteroatoms. The van der Waals surface area contributed by atoms with Gasteiger partial charge in [0.05, 0.1) is 0 Å². The van der Waals surface area contributed by atoms with Crippen molar-refractivity contribution in [3.05, 3.63) is 144 Å². The summed E-state index contributed by atoms with van der Waals surface area (Å²) < 4.78 is 5.42. The van der Waals surface area contributed by atoms with Gasteiger partial charge in [0, 0.05) is 40.4 Å². The number of carbonyl (C=O) groups is 7. The van der Waals surface area contributed by atoms with Crippen LogP contribution in [0.15, 0.2) is 121 Å². The Bertz CT molecular complexity index is 2190. The molecule has 0 heterocycles. The number of benzene rings is 4. The molecule has 0 spiro atoms. The molecule has 18 nitrogen and oxygen atoms in total. The number of aliphatic carboxylic acids is 1. The predicted molar refractivity (Wildman–Crippen MR) is 249 cm³/mol. The number of alkyl carbamates (subject to hydrolysis) is 1. The predicted octanol–water partition coefficient (Wildman–Crippen LogP) is 5.62. The number of carboxylic acids is 1. The highest BCUT2D eigenvalue weighted by Crippen LogP contribution is 2.12. The number of carboxylic acid groups (broad SMARTS) is 1. The van der Waals surface area contributed by atoms with Crippen LogP contribution in [0.1, 0.15) is 81.5 Å². The summed E-state index contributed by atoms with van der Waals surface area (Å²) in [6, 6.07) is 32.3. The van der Waals surface area contributed by atoms with Crippen molar-refractivity contribution in [2.75, 3.05) is 19.6 Å². The molecule has 0 radical (unpaired) electrons. The van der Waals surface area contributed by atoms with E-state index in [-0.39, 0.29) is 90.5 Å². The van der Waals surface area contributed by atoms with Crippen molar-refractivity contribution in [2.24, 2.45) is 0 Å². The molecule has 0 unspecified atom stereocenters. The zero-order chi connectivity index (χ0) is 49.1. The Hall–Kier alpha value is -7.15. The Morgan fingerprint density at radius 3 is 1.06 bits per heavy atom. The van der Waals surface area contributed by atoms with E-state index in [0.717, 1.165) is 31.9 Å². The van der Waals surface area contributed by atoms with E-state index in [2.05, 4.69) is 16.0 Å². The summed E-state index contributed by atoms with van der Waals surface area (Å²) in [4.78, 5) is 109. The molecule has 0 aromatic heterocycles. The van der Waals surface area contributed by atoms with Crippen molar-refractivity contribution in [3.63, 3.8) is 0 Å². The van der Waals surface area contributed by atoms with Crippen LogP contribution in [0.4, 0.5) is 4.79 Å². The Morgan fingerprint density at radius 2 is 0.735 bits per heavy atom. The molecule has 4 rings (SSSR count). The average Bonchev–Trinajstić information content (AvgIpc) is 3.33. The van der Waals surface area contributed by atoms with Crippen LogP contribution >= 0.6 is 0 Å². The number of hydrogen-bond donors (Lipinski definition) is 4. The number of nitrogens with zero attached hydrogens (tertiary/aromatic N) is 3. The molecule has 0 fully saturated rings. The van der Waals surface area contributed by atoms with Gasteiger partial charge in [0.15, 0.2) is 0 Å². The molecule has 3 atom stereocenters. The van der Waals surface area contributed by atoms with Gasteiger partial charge in [-0.15, -0.1) is 0 Å². The summed E-state index contributed by atoms with van der Waals surface area (Å²) in [7, 11) is 0. The van der Waals surface area contributed by atoms with Crippen LogP contribution in [-0.2, 0) is 74.4 Å². The second kappa shape index (κ2) is 29.5. The lowest BCUT2D eigenvalue weighted by Crippen LogP contribution is -2.56. The first kappa shape index (κ1) is 53.5. The topological polar surface area (TPSA) is 222 Å². The quantitative estimate of drug-likeness (QED) is 0.0488. The maximum Gasteiger partial charge on any atom is 0.408 e. The lowest BCUT2D eigenvalue weighted by atomic mass is 10.1. The van der Waals surface area contributed by atoms with Crippen molar-refractivity contribution in [2.45, 2.75) is 104 Å². The number of hydroxylamine groups is 6. The first-order valence-corrected chi connectivity index (χ1v) is 22.4. The zero-order valence-corrected chi connectivity index (χ0v) is 38.8. The van der Waals surface area contributed by atoms with Crippen LogP contribution < -0.4 is 16.0 Å². The summed E-state index contributed by atoms with van der Waals surface area (Å²) in [5.41, 5.74) is 3.16. The van der Waals surface area contributed by atoms with Gasteiger partial charge in [-0.25, -0.2) is 24.8 Å². The summed E-state index contributed by atoms with van der Waals surface area (Å²) in [6.07, 6.45) is -0.779. The van der Waals surface area contributed by atoms with E-state index >= 15 is 0 Å². The monoisotopic (exact) mass is 938 g/mol. The summed E-state index contributed by atoms with van der Waals surface area (Å²) in [5.74, 6) is -4.20. The van der Waals surface area contributed by atoms with Crippen LogP contribution in [0.25, 0.3) is 0 Å². The van der Waals surface area contributed by atoms with Gasteiger partial charge in [0.25, 0.3) is 0 Å². The lowest BCUT2D eigenvalue weighted by molar-refractivity contribution is -0.190. The molecule has 0 aliphatic rings. The van der Waals surface area contributed by atoms with E-state index < -0.39 is 53.8 Å². The highest BCUT2D eigenvalue weighted by molar-refractivity contribution is 5.93. The smallest absolute Gasteiger partial charge is 0.408 e. The van der Waals surface area contributed by atoms with E-state index in [0.29, 0.717) is 5.56 Å². The molecule has 0 saturated heterocycles. The third-order valence-corrected chi connectivity index (χ3v) is 10.4. The standard InChI is InChI=1S/C50H62N6O12/c1-37(57)54(66-34-41-21-10-5-11-22-41)30-16-27-44(47(60)52-46(49(62)63)29-18-32-56(39(3)59)68-36-43-25-14-7-15-26-43)51-48(61)45(53-50(64)65-33-40-19-8-4-9-20-40)28-17-31-55(38(2)58)67-35-42-23-12-6-13-24-42/h4-15,19-26,44-46H,16-18,27-36H2,1-3H3,(H,51,61)(H,52,60)(H,53,64)(H,62,63)/t44-,45-,46-/m0/s1. The van der Waals surface area contributed by atoms with E-state index in [4.69, 9.17) is 19.2 Å². The summed E-state index contributed by atoms with van der Waals surface area (Å²) >= 11 is 0. The van der Waals surface area contributed by atoms with E-state index in [1.54, 1.807) is 24.3 Å². The second-order valence-electron chi connectivity index (χ2n) is 15.8. The molecule has 0 bridgehead atoms. The molecule has 4 aromatic carbocycles. The Kier molecular flexibility index (Phi) is 23.2. The third-order valence-electron chi connectivity index (χ3n) is 10.4. The van der Waals surface area contributed by atoms with Crippen LogP contribution in [-0.4, -0.2) is 99.7 Å². The summed E-state index contributed by atoms with van der Waals surface area (Å²) in [5, 5.41) is 21.4. The van der Waals surface area contributed by atoms with Crippen molar-refractivity contribution in [3.8, 4) is 0 Å². The van der Waals surface area contributed by atoms with Gasteiger partial charge in [-0.05, 0) is 60.8 Å². The maximum absolute atomic E-state index is 14.2. The number of nitrogens with one attached hydrogen (secondary N) is 3. The number of ether oxygens (including phenoxy) is 1. The van der Waals surface area contributed by atoms with Gasteiger partial charge in [-0.1, -0.05) is 121 Å². The highest BCUT2D eigenvalue weighted by Gasteiger charge is 2.30.